The first-order chi connectivity index (χ1) is 9.56. The maximum Gasteiger partial charge on any atom is 0.104 e. The molecule has 2 nitrogen and oxygen atoms in total. The van der Waals surface area contributed by atoms with Crippen LogP contribution in [0.1, 0.15) is 16.7 Å². The average Bonchev–Trinajstić information content (AvgIpc) is 2.40. The Balaban J connectivity index is 1.96. The number of nitrogens with two attached hydrogens (primary N) is 1. The first-order valence-corrected chi connectivity index (χ1v) is 7.54. The number of halogens is 2. The van der Waals surface area contributed by atoms with Crippen LogP contribution in [0.15, 0.2) is 46.9 Å². The van der Waals surface area contributed by atoms with Gasteiger partial charge in [-0.3, -0.25) is 0 Å². The van der Waals surface area contributed by atoms with Crippen molar-refractivity contribution in [1.29, 1.82) is 0 Å². The Bertz CT molecular complexity index is 633. The van der Waals surface area contributed by atoms with Gasteiger partial charge >= 0.3 is 0 Å². The second-order valence-corrected chi connectivity index (χ2v) is 6.06. The van der Waals surface area contributed by atoms with Gasteiger partial charge in [-0.2, -0.15) is 0 Å². The fourth-order valence-corrected chi connectivity index (χ4v) is 2.53. The van der Waals surface area contributed by atoms with Crippen molar-refractivity contribution in [3.63, 3.8) is 0 Å². The van der Waals surface area contributed by atoms with Crippen molar-refractivity contribution in [3.05, 3.63) is 68.7 Å². The fraction of sp³-hybridized carbons (Fsp3) is 0.133. The predicted molar refractivity (Wildman–Crippen MR) is 90.0 cm³/mol. The normalized spacial score (nSPS) is 10.5. The maximum atomic E-state index is 6.18. The third kappa shape index (κ3) is 4.28. The number of thiocarbonyl (C=S) groups is 1. The van der Waals surface area contributed by atoms with Crippen LogP contribution >= 0.6 is 39.7 Å². The molecule has 0 unspecified atom stereocenters. The molecule has 2 aromatic rings. The van der Waals surface area contributed by atoms with E-state index in [9.17, 15) is 0 Å². The Kier molecular flexibility index (Phi) is 5.54. The summed E-state index contributed by atoms with van der Waals surface area (Å²) < 4.78 is 6.71. The van der Waals surface area contributed by atoms with Crippen molar-refractivity contribution in [2.75, 3.05) is 0 Å². The van der Waals surface area contributed by atoms with E-state index in [0.717, 1.165) is 21.2 Å². The zero-order chi connectivity index (χ0) is 14.5. The first-order valence-electron chi connectivity index (χ1n) is 5.96. The number of ether oxygens (including phenoxy) is 1. The van der Waals surface area contributed by atoms with E-state index in [1.54, 1.807) is 6.07 Å². The van der Waals surface area contributed by atoms with Gasteiger partial charge in [0, 0.05) is 15.1 Å². The summed E-state index contributed by atoms with van der Waals surface area (Å²) in [7, 11) is 0. The van der Waals surface area contributed by atoms with Gasteiger partial charge in [0.15, 0.2) is 0 Å². The van der Waals surface area contributed by atoms with Gasteiger partial charge in [-0.05, 0) is 29.3 Å². The van der Waals surface area contributed by atoms with Gasteiger partial charge in [-0.1, -0.05) is 64.0 Å². The SMILES string of the molecule is NC(=S)c1ccc(COCc2cccc(Br)c2)c(Cl)c1. The highest BCUT2D eigenvalue weighted by atomic mass is 79.9. The third-order valence-electron chi connectivity index (χ3n) is 2.75. The summed E-state index contributed by atoms with van der Waals surface area (Å²) in [6.07, 6.45) is 0. The monoisotopic (exact) mass is 369 g/mol. The van der Waals surface area contributed by atoms with Gasteiger partial charge in [-0.25, -0.2) is 0 Å². The Morgan fingerprint density at radius 1 is 1.20 bits per heavy atom. The van der Waals surface area contributed by atoms with Crippen molar-refractivity contribution < 1.29 is 4.74 Å². The highest BCUT2D eigenvalue weighted by Crippen LogP contribution is 2.20. The zero-order valence-electron chi connectivity index (χ0n) is 10.6. The van der Waals surface area contributed by atoms with Crippen LogP contribution in [0.5, 0.6) is 0 Å². The van der Waals surface area contributed by atoms with Crippen LogP contribution < -0.4 is 5.73 Å². The lowest BCUT2D eigenvalue weighted by molar-refractivity contribution is 0.107. The molecule has 0 aromatic heterocycles. The van der Waals surface area contributed by atoms with Crippen LogP contribution in [-0.4, -0.2) is 4.99 Å². The summed E-state index contributed by atoms with van der Waals surface area (Å²) in [5.74, 6) is 0. The lowest BCUT2D eigenvalue weighted by Crippen LogP contribution is -2.09. The van der Waals surface area contributed by atoms with Crippen molar-refractivity contribution in [2.24, 2.45) is 5.73 Å². The molecule has 0 radical (unpaired) electrons. The molecule has 104 valence electrons. The lowest BCUT2D eigenvalue weighted by Gasteiger charge is -2.08. The minimum Gasteiger partial charge on any atom is -0.389 e. The van der Waals surface area contributed by atoms with Gasteiger partial charge in [0.2, 0.25) is 0 Å². The number of benzene rings is 2. The second-order valence-electron chi connectivity index (χ2n) is 4.29. The molecule has 0 spiro atoms. The molecule has 0 bridgehead atoms. The molecule has 2 aromatic carbocycles. The van der Waals surface area contributed by atoms with E-state index in [-0.39, 0.29) is 0 Å². The largest absolute Gasteiger partial charge is 0.389 e. The number of rotatable bonds is 5. The zero-order valence-corrected chi connectivity index (χ0v) is 13.8. The van der Waals surface area contributed by atoms with Crippen molar-refractivity contribution in [2.45, 2.75) is 13.2 Å². The molecule has 0 saturated heterocycles. The Hall–Kier alpha value is -0.940. The third-order valence-corrected chi connectivity index (χ3v) is 3.83. The predicted octanol–water partition coefficient (Wildman–Crippen LogP) is 4.45. The highest BCUT2D eigenvalue weighted by molar-refractivity contribution is 9.10. The minimum atomic E-state index is 0.341. The lowest BCUT2D eigenvalue weighted by atomic mass is 10.1. The van der Waals surface area contributed by atoms with E-state index in [0.29, 0.717) is 23.2 Å². The van der Waals surface area contributed by atoms with Gasteiger partial charge < -0.3 is 10.5 Å². The summed E-state index contributed by atoms with van der Waals surface area (Å²) in [4.78, 5) is 0.341. The van der Waals surface area contributed by atoms with Crippen LogP contribution in [0.25, 0.3) is 0 Å². The number of hydrogen-bond acceptors (Lipinski definition) is 2. The van der Waals surface area contributed by atoms with E-state index in [2.05, 4.69) is 15.9 Å². The summed E-state index contributed by atoms with van der Waals surface area (Å²) in [5, 5.41) is 0.615. The molecule has 0 atom stereocenters. The first kappa shape index (κ1) is 15.4. The fourth-order valence-electron chi connectivity index (χ4n) is 1.72. The smallest absolute Gasteiger partial charge is 0.104 e. The molecule has 0 amide bonds. The number of hydrogen-bond donors (Lipinski definition) is 1. The molecule has 0 saturated carbocycles. The van der Waals surface area contributed by atoms with Gasteiger partial charge in [0.25, 0.3) is 0 Å². The molecule has 0 aliphatic heterocycles. The second kappa shape index (κ2) is 7.18. The van der Waals surface area contributed by atoms with Crippen LogP contribution in [0.4, 0.5) is 0 Å². The van der Waals surface area contributed by atoms with E-state index < -0.39 is 0 Å². The molecule has 0 aliphatic carbocycles. The van der Waals surface area contributed by atoms with Crippen LogP contribution in [0.3, 0.4) is 0 Å². The molecule has 2 rings (SSSR count). The molecule has 0 aliphatic rings. The summed E-state index contributed by atoms with van der Waals surface area (Å²) in [5.41, 5.74) is 8.35. The van der Waals surface area contributed by atoms with Gasteiger partial charge in [0.1, 0.15) is 4.99 Å². The van der Waals surface area contributed by atoms with Crippen LogP contribution in [-0.2, 0) is 18.0 Å². The van der Waals surface area contributed by atoms with E-state index in [4.69, 9.17) is 34.3 Å². The minimum absolute atomic E-state index is 0.341. The van der Waals surface area contributed by atoms with E-state index in [1.165, 1.54) is 0 Å². The molecule has 0 fully saturated rings. The maximum absolute atomic E-state index is 6.18. The van der Waals surface area contributed by atoms with Gasteiger partial charge in [-0.15, -0.1) is 0 Å². The Morgan fingerprint density at radius 3 is 2.65 bits per heavy atom. The summed E-state index contributed by atoms with van der Waals surface area (Å²) in [6, 6.07) is 13.5. The Labute approximate surface area is 137 Å². The molecule has 20 heavy (non-hydrogen) atoms. The van der Waals surface area contributed by atoms with Crippen LogP contribution in [0.2, 0.25) is 5.02 Å². The van der Waals surface area contributed by atoms with Crippen molar-refractivity contribution >= 4 is 44.7 Å². The topological polar surface area (TPSA) is 35.2 Å². The van der Waals surface area contributed by atoms with Crippen molar-refractivity contribution in [1.82, 2.24) is 0 Å². The van der Waals surface area contributed by atoms with E-state index >= 15 is 0 Å². The van der Waals surface area contributed by atoms with E-state index in [1.807, 2.05) is 36.4 Å². The summed E-state index contributed by atoms with van der Waals surface area (Å²) in [6.45, 7) is 0.982. The molecular weight excluding hydrogens is 358 g/mol. The quantitative estimate of drug-likeness (QED) is 0.790. The standard InChI is InChI=1S/C15H13BrClNOS/c16-13-3-1-2-10(6-13)8-19-9-12-5-4-11(15(18)20)7-14(12)17/h1-7H,8-9H2,(H2,18,20). The highest BCUT2D eigenvalue weighted by Gasteiger charge is 2.04. The molecule has 5 heteroatoms. The van der Waals surface area contributed by atoms with Crippen LogP contribution in [0, 0.1) is 0 Å². The average molecular weight is 371 g/mol. The van der Waals surface area contributed by atoms with Crippen molar-refractivity contribution in [3.8, 4) is 0 Å². The molecule has 0 heterocycles. The molecular formula is C15H13BrClNOS. The molecule has 2 N–H and O–H groups in total. The summed E-state index contributed by atoms with van der Waals surface area (Å²) >= 11 is 14.5. The Morgan fingerprint density at radius 2 is 2.00 bits per heavy atom. The van der Waals surface area contributed by atoms with Gasteiger partial charge in [0.05, 0.1) is 13.2 Å².